The number of esters is 1. The molecule has 0 radical (unpaired) electrons. The quantitative estimate of drug-likeness (QED) is 0.137. The van der Waals surface area contributed by atoms with Crippen LogP contribution in [0.4, 0.5) is 0 Å². The van der Waals surface area contributed by atoms with Gasteiger partial charge in [-0.2, -0.15) is 0 Å². The number of ether oxygens (including phenoxy) is 3. The Labute approximate surface area is 274 Å². The van der Waals surface area contributed by atoms with Gasteiger partial charge in [-0.15, -0.1) is 0 Å². The monoisotopic (exact) mass is 645 g/mol. The van der Waals surface area contributed by atoms with E-state index in [0.717, 1.165) is 18.4 Å². The number of para-hydroxylation sites is 1. The van der Waals surface area contributed by atoms with Gasteiger partial charge in [-0.3, -0.25) is 14.4 Å². The molecule has 0 fully saturated rings. The first-order valence-corrected chi connectivity index (χ1v) is 15.9. The van der Waals surface area contributed by atoms with Crippen molar-refractivity contribution in [2.75, 3.05) is 39.4 Å². The Morgan fingerprint density at radius 1 is 0.915 bits per heavy atom. The Morgan fingerprint density at radius 2 is 1.60 bits per heavy atom. The molecule has 2 unspecified atom stereocenters. The van der Waals surface area contributed by atoms with Crippen LogP contribution in [0.3, 0.4) is 0 Å². The molecule has 0 saturated heterocycles. The van der Waals surface area contributed by atoms with Gasteiger partial charge in [0, 0.05) is 30.6 Å². The Morgan fingerprint density at radius 3 is 2.28 bits per heavy atom. The fourth-order valence-electron chi connectivity index (χ4n) is 5.26. The topological polar surface area (TPSA) is 184 Å². The second-order valence-corrected chi connectivity index (χ2v) is 11.1. The van der Waals surface area contributed by atoms with Crippen molar-refractivity contribution in [1.82, 2.24) is 16.0 Å². The number of rotatable bonds is 13. The van der Waals surface area contributed by atoms with E-state index in [9.17, 15) is 19.2 Å². The van der Waals surface area contributed by atoms with Gasteiger partial charge in [-0.1, -0.05) is 50.1 Å². The first-order chi connectivity index (χ1) is 22.8. The van der Waals surface area contributed by atoms with E-state index >= 15 is 0 Å². The number of carbonyl (C=O) groups excluding carboxylic acids is 4. The van der Waals surface area contributed by atoms with Crippen LogP contribution >= 0.6 is 0 Å². The maximum Gasteiger partial charge on any atom is 0.330 e. The van der Waals surface area contributed by atoms with Gasteiger partial charge in [0.05, 0.1) is 12.5 Å². The van der Waals surface area contributed by atoms with Crippen LogP contribution in [-0.2, 0) is 25.6 Å². The van der Waals surface area contributed by atoms with E-state index in [2.05, 4.69) is 16.0 Å². The van der Waals surface area contributed by atoms with Crippen LogP contribution in [0, 0.1) is 0 Å². The standard InChI is InChI=1S/C35H43N5O7/c1-2-3-9-26-24-11-13-31(46-17-15-37)28(20-24)27-18-23(10-12-30(27)45-16-14-36)19-29(40-32(41)21-38-34(26)43)35(44)39-22-33(42)47-25-7-5-4-6-8-25/h4-8,10-13,18,20,26,29H,2-3,9,14-17,19,21-22,36-37H2,1H3,(H,38,43)(H,39,44)(H,40,41). The van der Waals surface area contributed by atoms with Crippen molar-refractivity contribution in [3.8, 4) is 28.4 Å². The van der Waals surface area contributed by atoms with Crippen LogP contribution in [-0.4, -0.2) is 69.1 Å². The zero-order valence-electron chi connectivity index (χ0n) is 26.6. The SMILES string of the molecule is CCCCC1C(=O)NCC(=O)NC(C(=O)NCC(=O)Oc2ccccc2)Cc2ccc(OCCN)c(c2)-c2cc1ccc2OCCN. The molecule has 4 bridgehead atoms. The van der Waals surface area contributed by atoms with E-state index in [-0.39, 0.29) is 38.6 Å². The molecular weight excluding hydrogens is 602 g/mol. The minimum absolute atomic E-state index is 0.0707. The minimum Gasteiger partial charge on any atom is -0.492 e. The molecule has 12 heteroatoms. The minimum atomic E-state index is -1.08. The second kappa shape index (κ2) is 17.7. The lowest BCUT2D eigenvalue weighted by molar-refractivity contribution is -0.136. The second-order valence-electron chi connectivity index (χ2n) is 11.1. The van der Waals surface area contributed by atoms with Gasteiger partial charge in [0.25, 0.3) is 0 Å². The third-order valence-corrected chi connectivity index (χ3v) is 7.55. The Balaban J connectivity index is 1.72. The maximum absolute atomic E-state index is 13.5. The van der Waals surface area contributed by atoms with Gasteiger partial charge in [0.15, 0.2) is 0 Å². The number of unbranched alkanes of at least 4 members (excludes halogenated alkanes) is 1. The number of amides is 3. The summed E-state index contributed by atoms with van der Waals surface area (Å²) in [5.41, 5.74) is 14.3. The molecule has 3 aromatic carbocycles. The summed E-state index contributed by atoms with van der Waals surface area (Å²) in [5.74, 6) is -1.25. The molecule has 0 aliphatic carbocycles. The normalized spacial score (nSPS) is 16.2. The van der Waals surface area contributed by atoms with Crippen molar-refractivity contribution in [2.24, 2.45) is 11.5 Å². The van der Waals surface area contributed by atoms with Crippen molar-refractivity contribution in [1.29, 1.82) is 0 Å². The zero-order valence-corrected chi connectivity index (χ0v) is 26.6. The highest BCUT2D eigenvalue weighted by molar-refractivity contribution is 5.93. The summed E-state index contributed by atoms with van der Waals surface area (Å²) in [5, 5.41) is 8.03. The molecule has 1 heterocycles. The van der Waals surface area contributed by atoms with Crippen LogP contribution in [0.15, 0.2) is 66.7 Å². The van der Waals surface area contributed by atoms with Gasteiger partial charge < -0.3 is 41.6 Å². The van der Waals surface area contributed by atoms with E-state index < -0.39 is 36.3 Å². The number of hydrogen-bond donors (Lipinski definition) is 5. The van der Waals surface area contributed by atoms with Gasteiger partial charge in [-0.25, -0.2) is 4.79 Å². The molecular formula is C35H43N5O7. The molecule has 47 heavy (non-hydrogen) atoms. The van der Waals surface area contributed by atoms with Crippen molar-refractivity contribution in [3.63, 3.8) is 0 Å². The number of hydrogen-bond acceptors (Lipinski definition) is 9. The van der Waals surface area contributed by atoms with Crippen LogP contribution in [0.1, 0.15) is 43.2 Å². The Bertz CT molecular complexity index is 1530. The van der Waals surface area contributed by atoms with Crippen molar-refractivity contribution >= 4 is 23.7 Å². The van der Waals surface area contributed by atoms with E-state index in [1.807, 2.05) is 31.2 Å². The molecule has 2 atom stereocenters. The van der Waals surface area contributed by atoms with Crippen LogP contribution in [0.25, 0.3) is 11.1 Å². The average molecular weight is 646 g/mol. The first kappa shape index (κ1) is 34.9. The van der Waals surface area contributed by atoms with E-state index in [4.69, 9.17) is 25.7 Å². The highest BCUT2D eigenvalue weighted by Crippen LogP contribution is 2.40. The third-order valence-electron chi connectivity index (χ3n) is 7.55. The number of nitrogens with two attached hydrogens (primary N) is 2. The highest BCUT2D eigenvalue weighted by atomic mass is 16.5. The number of benzene rings is 3. The summed E-state index contributed by atoms with van der Waals surface area (Å²) in [6, 6.07) is 18.4. The molecule has 12 nitrogen and oxygen atoms in total. The Hall–Kier alpha value is -4.94. The first-order valence-electron chi connectivity index (χ1n) is 15.9. The molecule has 1 aliphatic heterocycles. The van der Waals surface area contributed by atoms with E-state index in [0.29, 0.717) is 46.9 Å². The molecule has 1 aliphatic rings. The van der Waals surface area contributed by atoms with Gasteiger partial charge in [-0.05, 0) is 53.9 Å². The number of carbonyl (C=O) groups is 4. The van der Waals surface area contributed by atoms with Crippen LogP contribution < -0.4 is 41.6 Å². The largest absolute Gasteiger partial charge is 0.492 e. The maximum atomic E-state index is 13.5. The van der Waals surface area contributed by atoms with Crippen molar-refractivity contribution in [3.05, 3.63) is 77.9 Å². The van der Waals surface area contributed by atoms with Crippen molar-refractivity contribution in [2.45, 2.75) is 44.6 Å². The predicted octanol–water partition coefficient (Wildman–Crippen LogP) is 2.18. The predicted molar refractivity (Wildman–Crippen MR) is 177 cm³/mol. The molecule has 0 aromatic heterocycles. The third kappa shape index (κ3) is 10.0. The van der Waals surface area contributed by atoms with Gasteiger partial charge in [0.1, 0.15) is 43.0 Å². The summed E-state index contributed by atoms with van der Waals surface area (Å²) in [6.07, 6.45) is 2.30. The zero-order chi connectivity index (χ0) is 33.6. The molecule has 3 amide bonds. The molecule has 0 saturated carbocycles. The summed E-state index contributed by atoms with van der Waals surface area (Å²) in [4.78, 5) is 52.4. The Kier molecular flexibility index (Phi) is 13.1. The van der Waals surface area contributed by atoms with Crippen LogP contribution in [0.2, 0.25) is 0 Å². The highest BCUT2D eigenvalue weighted by Gasteiger charge is 2.27. The lowest BCUT2D eigenvalue weighted by Crippen LogP contribution is -2.51. The lowest BCUT2D eigenvalue weighted by Gasteiger charge is -2.23. The fourth-order valence-corrected chi connectivity index (χ4v) is 5.26. The fraction of sp³-hybridized carbons (Fsp3) is 0.371. The molecule has 3 aromatic rings. The van der Waals surface area contributed by atoms with Gasteiger partial charge >= 0.3 is 5.97 Å². The summed E-state index contributed by atoms with van der Waals surface area (Å²) in [7, 11) is 0. The van der Waals surface area contributed by atoms with Crippen molar-refractivity contribution < 1.29 is 33.4 Å². The lowest BCUT2D eigenvalue weighted by atomic mass is 9.89. The smallest absolute Gasteiger partial charge is 0.330 e. The molecule has 0 spiro atoms. The summed E-state index contributed by atoms with van der Waals surface area (Å²) < 4.78 is 17.3. The number of nitrogens with one attached hydrogen (secondary N) is 3. The average Bonchev–Trinajstić information content (AvgIpc) is 3.08. The van der Waals surface area contributed by atoms with E-state index in [1.165, 1.54) is 0 Å². The molecule has 250 valence electrons. The van der Waals surface area contributed by atoms with Gasteiger partial charge in [0.2, 0.25) is 17.7 Å². The van der Waals surface area contributed by atoms with Crippen LogP contribution in [0.5, 0.6) is 17.2 Å². The summed E-state index contributed by atoms with van der Waals surface area (Å²) in [6.45, 7) is 2.42. The number of fused-ring (bicyclic) bond motifs is 5. The van der Waals surface area contributed by atoms with E-state index in [1.54, 1.807) is 42.5 Å². The molecule has 7 N–H and O–H groups in total. The summed E-state index contributed by atoms with van der Waals surface area (Å²) >= 11 is 0. The molecule has 4 rings (SSSR count).